The molecule has 11 heavy (non-hydrogen) atoms. The normalized spacial score (nSPS) is 11.5. The van der Waals surface area contributed by atoms with Crippen molar-refractivity contribution in [3.8, 4) is 0 Å². The maximum Gasteiger partial charge on any atom is 0.0700 e. The molecule has 0 aromatic carbocycles. The molecule has 1 aromatic rings. The highest BCUT2D eigenvalue weighted by Gasteiger charge is 2.13. The Morgan fingerprint density at radius 2 is 2.27 bits per heavy atom. The van der Waals surface area contributed by atoms with Gasteiger partial charge in [-0.1, -0.05) is 15.9 Å². The van der Waals surface area contributed by atoms with E-state index in [0.29, 0.717) is 0 Å². The largest absolute Gasteiger partial charge is 0.264 e. The van der Waals surface area contributed by atoms with Gasteiger partial charge in [0.1, 0.15) is 0 Å². The van der Waals surface area contributed by atoms with Gasteiger partial charge in [0.05, 0.1) is 3.66 Å². The Bertz CT molecular complexity index is 217. The summed E-state index contributed by atoms with van der Waals surface area (Å²) in [5.74, 6) is 0. The predicted molar refractivity (Wildman–Crippen MR) is 53.1 cm³/mol. The minimum Gasteiger partial charge on any atom is -0.264 e. The van der Waals surface area contributed by atoms with Crippen LogP contribution in [-0.2, 0) is 0 Å². The highest BCUT2D eigenvalue weighted by Crippen LogP contribution is 2.36. The minimum absolute atomic E-state index is 0.0933. The molecule has 0 bridgehead atoms. The molecule has 0 aliphatic carbocycles. The van der Waals surface area contributed by atoms with Crippen molar-refractivity contribution in [3.63, 3.8) is 0 Å². The second-order valence-corrected chi connectivity index (χ2v) is 6.86. The van der Waals surface area contributed by atoms with E-state index in [1.165, 1.54) is 4.90 Å². The monoisotopic (exact) mass is 231 g/mol. The summed E-state index contributed by atoms with van der Waals surface area (Å²) in [6.07, 6.45) is 3.65. The molecule has 0 radical (unpaired) electrons. The fourth-order valence-electron chi connectivity index (χ4n) is 0.688. The van der Waals surface area contributed by atoms with Crippen LogP contribution in [0.2, 0.25) is 0 Å². The Labute approximate surface area is 79.7 Å². The number of alkyl halides is 1. The van der Waals surface area contributed by atoms with Crippen molar-refractivity contribution in [2.75, 3.05) is 0 Å². The van der Waals surface area contributed by atoms with Crippen LogP contribution in [0.1, 0.15) is 13.8 Å². The molecule has 0 saturated heterocycles. The molecule has 1 rings (SSSR count). The van der Waals surface area contributed by atoms with Crippen molar-refractivity contribution in [3.05, 3.63) is 24.5 Å². The van der Waals surface area contributed by atoms with E-state index in [9.17, 15) is 0 Å². The fraction of sp³-hybridized carbons (Fsp3) is 0.375. The first-order valence-electron chi connectivity index (χ1n) is 3.36. The molecule has 3 heteroatoms. The molecule has 0 atom stereocenters. The number of pyridine rings is 1. The molecule has 0 fully saturated rings. The molecular formula is C8H10BrNS. The lowest BCUT2D eigenvalue weighted by Crippen LogP contribution is -2.00. The van der Waals surface area contributed by atoms with Crippen LogP contribution in [-0.4, -0.2) is 8.64 Å². The lowest BCUT2D eigenvalue weighted by atomic mass is 10.5. The summed E-state index contributed by atoms with van der Waals surface area (Å²) < 4.78 is 0.0933. The van der Waals surface area contributed by atoms with E-state index in [0.717, 1.165) is 0 Å². The van der Waals surface area contributed by atoms with Gasteiger partial charge in [-0.25, -0.2) is 0 Å². The fourth-order valence-corrected chi connectivity index (χ4v) is 2.07. The highest BCUT2D eigenvalue weighted by atomic mass is 79.9. The topological polar surface area (TPSA) is 12.9 Å². The molecule has 60 valence electrons. The van der Waals surface area contributed by atoms with E-state index in [1.807, 2.05) is 12.3 Å². The molecule has 0 unspecified atom stereocenters. The van der Waals surface area contributed by atoms with E-state index in [2.05, 4.69) is 40.8 Å². The number of rotatable bonds is 2. The second kappa shape index (κ2) is 3.59. The molecule has 0 amide bonds. The van der Waals surface area contributed by atoms with Crippen molar-refractivity contribution < 1.29 is 0 Å². The van der Waals surface area contributed by atoms with Gasteiger partial charge in [0.25, 0.3) is 0 Å². The summed E-state index contributed by atoms with van der Waals surface area (Å²) in [5, 5.41) is 0. The van der Waals surface area contributed by atoms with Crippen molar-refractivity contribution in [1.82, 2.24) is 4.98 Å². The van der Waals surface area contributed by atoms with Crippen LogP contribution < -0.4 is 0 Å². The molecule has 0 aliphatic rings. The zero-order chi connectivity index (χ0) is 8.32. The van der Waals surface area contributed by atoms with Crippen molar-refractivity contribution in [1.29, 1.82) is 0 Å². The van der Waals surface area contributed by atoms with Crippen LogP contribution in [0.4, 0.5) is 0 Å². The van der Waals surface area contributed by atoms with Crippen LogP contribution in [0.3, 0.4) is 0 Å². The van der Waals surface area contributed by atoms with Crippen LogP contribution in [0.5, 0.6) is 0 Å². The summed E-state index contributed by atoms with van der Waals surface area (Å²) in [4.78, 5) is 5.22. The first kappa shape index (κ1) is 9.07. The van der Waals surface area contributed by atoms with Crippen LogP contribution >= 0.6 is 27.7 Å². The summed E-state index contributed by atoms with van der Waals surface area (Å²) in [5.41, 5.74) is 0. The Balaban J connectivity index is 2.66. The maximum absolute atomic E-state index is 4.03. The zero-order valence-electron chi connectivity index (χ0n) is 6.54. The number of nitrogens with zero attached hydrogens (tertiary/aromatic N) is 1. The van der Waals surface area contributed by atoms with Crippen molar-refractivity contribution >= 4 is 27.7 Å². The smallest absolute Gasteiger partial charge is 0.0700 e. The lowest BCUT2D eigenvalue weighted by Gasteiger charge is -2.14. The Morgan fingerprint density at radius 3 is 2.73 bits per heavy atom. The number of aromatic nitrogens is 1. The molecule has 0 spiro atoms. The second-order valence-electron chi connectivity index (χ2n) is 2.65. The van der Waals surface area contributed by atoms with Crippen LogP contribution in [0.25, 0.3) is 0 Å². The van der Waals surface area contributed by atoms with Gasteiger partial charge >= 0.3 is 0 Å². The number of halogens is 1. The third kappa shape index (κ3) is 3.77. The van der Waals surface area contributed by atoms with Gasteiger partial charge in [0.2, 0.25) is 0 Å². The average molecular weight is 232 g/mol. The molecule has 0 saturated carbocycles. The van der Waals surface area contributed by atoms with Gasteiger partial charge in [0, 0.05) is 17.3 Å². The van der Waals surface area contributed by atoms with Gasteiger partial charge in [-0.3, -0.25) is 4.98 Å². The molecule has 1 aromatic heterocycles. The van der Waals surface area contributed by atoms with Gasteiger partial charge in [0.15, 0.2) is 0 Å². The number of hydrogen-bond acceptors (Lipinski definition) is 2. The molecular weight excluding hydrogens is 222 g/mol. The third-order valence-electron chi connectivity index (χ3n) is 0.995. The average Bonchev–Trinajstić information content (AvgIpc) is 1.85. The van der Waals surface area contributed by atoms with Crippen molar-refractivity contribution in [2.24, 2.45) is 0 Å². The van der Waals surface area contributed by atoms with Crippen molar-refractivity contribution in [2.45, 2.75) is 22.4 Å². The Hall–Kier alpha value is -0.0200. The summed E-state index contributed by atoms with van der Waals surface area (Å²) in [7, 11) is 0. The van der Waals surface area contributed by atoms with E-state index in [1.54, 1.807) is 18.0 Å². The number of hydrogen-bond donors (Lipinski definition) is 0. The quantitative estimate of drug-likeness (QED) is 0.573. The summed E-state index contributed by atoms with van der Waals surface area (Å²) in [6, 6.07) is 4.00. The van der Waals surface area contributed by atoms with E-state index in [4.69, 9.17) is 0 Å². The maximum atomic E-state index is 4.03. The summed E-state index contributed by atoms with van der Waals surface area (Å²) >= 11 is 5.31. The van der Waals surface area contributed by atoms with E-state index < -0.39 is 0 Å². The predicted octanol–water partition coefficient (Wildman–Crippen LogP) is 3.30. The summed E-state index contributed by atoms with van der Waals surface area (Å²) in [6.45, 7) is 4.23. The Kier molecular flexibility index (Phi) is 2.96. The standard InChI is InChI=1S/C8H10BrNS/c1-8(2,9)11-7-4-3-5-10-6-7/h3-6H,1-2H3. The minimum atomic E-state index is 0.0933. The van der Waals surface area contributed by atoms with E-state index in [-0.39, 0.29) is 3.66 Å². The van der Waals surface area contributed by atoms with Crippen LogP contribution in [0.15, 0.2) is 29.4 Å². The Morgan fingerprint density at radius 1 is 1.55 bits per heavy atom. The lowest BCUT2D eigenvalue weighted by molar-refractivity contribution is 1.04. The van der Waals surface area contributed by atoms with Gasteiger partial charge < -0.3 is 0 Å². The third-order valence-corrected chi connectivity index (χ3v) is 2.44. The highest BCUT2D eigenvalue weighted by molar-refractivity contribution is 9.11. The molecule has 0 N–H and O–H groups in total. The van der Waals surface area contributed by atoms with E-state index >= 15 is 0 Å². The molecule has 0 aliphatic heterocycles. The first-order chi connectivity index (χ1) is 5.08. The van der Waals surface area contributed by atoms with Gasteiger partial charge in [-0.05, 0) is 26.0 Å². The number of thioether (sulfide) groups is 1. The zero-order valence-corrected chi connectivity index (χ0v) is 8.95. The molecule has 1 nitrogen and oxygen atoms in total. The SMILES string of the molecule is CC(C)(Br)Sc1cccnc1. The molecule has 1 heterocycles. The van der Waals surface area contributed by atoms with Crippen LogP contribution in [0, 0.1) is 0 Å². The van der Waals surface area contributed by atoms with Gasteiger partial charge in [-0.2, -0.15) is 0 Å². The first-order valence-corrected chi connectivity index (χ1v) is 4.97. The van der Waals surface area contributed by atoms with Gasteiger partial charge in [-0.15, -0.1) is 11.8 Å².